The second-order valence-corrected chi connectivity index (χ2v) is 5.95. The van der Waals surface area contributed by atoms with Gasteiger partial charge in [-0.1, -0.05) is 13.8 Å². The van der Waals surface area contributed by atoms with Gasteiger partial charge in [0.2, 0.25) is 5.91 Å². The molecule has 0 aromatic heterocycles. The molecule has 24 heavy (non-hydrogen) atoms. The summed E-state index contributed by atoms with van der Waals surface area (Å²) in [5.74, 6) is -2.03. The molecule has 0 bridgehead atoms. The smallest absolute Gasteiger partial charge is 0.326 e. The first-order chi connectivity index (χ1) is 11.3. The van der Waals surface area contributed by atoms with E-state index in [-0.39, 0.29) is 30.7 Å². The number of carbonyl (C=O) groups is 3. The number of aliphatic carboxylic acids is 1. The van der Waals surface area contributed by atoms with Crippen LogP contribution in [-0.4, -0.2) is 35.5 Å². The minimum absolute atomic E-state index is 0.117. The lowest BCUT2D eigenvalue weighted by Crippen LogP contribution is -2.41. The molecule has 7 heteroatoms. The van der Waals surface area contributed by atoms with E-state index in [1.165, 1.54) is 24.3 Å². The predicted octanol–water partition coefficient (Wildman–Crippen LogP) is 1.95. The van der Waals surface area contributed by atoms with Crippen molar-refractivity contribution in [3.8, 4) is 0 Å². The summed E-state index contributed by atoms with van der Waals surface area (Å²) in [5, 5.41) is 14.2. The molecule has 0 fully saturated rings. The van der Waals surface area contributed by atoms with E-state index in [1.807, 2.05) is 13.8 Å². The SMILES string of the molecule is CC(C)C[C@@H](NC(=O)CCCNC(=O)c1ccc(F)cc1)C(=O)O. The lowest BCUT2D eigenvalue weighted by Gasteiger charge is -2.16. The van der Waals surface area contributed by atoms with Crippen molar-refractivity contribution in [1.82, 2.24) is 10.6 Å². The van der Waals surface area contributed by atoms with Crippen LogP contribution in [0, 0.1) is 11.7 Å². The van der Waals surface area contributed by atoms with Gasteiger partial charge in [0.05, 0.1) is 0 Å². The van der Waals surface area contributed by atoms with Crippen molar-refractivity contribution in [2.45, 2.75) is 39.2 Å². The zero-order valence-electron chi connectivity index (χ0n) is 13.8. The van der Waals surface area contributed by atoms with Gasteiger partial charge in [0.25, 0.3) is 5.91 Å². The van der Waals surface area contributed by atoms with Gasteiger partial charge in [-0.3, -0.25) is 9.59 Å². The van der Waals surface area contributed by atoms with Crippen LogP contribution >= 0.6 is 0 Å². The Balaban J connectivity index is 2.31. The average molecular weight is 338 g/mol. The molecule has 3 N–H and O–H groups in total. The molecule has 0 aliphatic rings. The fourth-order valence-corrected chi connectivity index (χ4v) is 2.11. The molecule has 0 aliphatic heterocycles. The molecular weight excluding hydrogens is 315 g/mol. The second-order valence-electron chi connectivity index (χ2n) is 5.95. The normalized spacial score (nSPS) is 11.8. The van der Waals surface area contributed by atoms with Crippen LogP contribution in [0.5, 0.6) is 0 Å². The Morgan fingerprint density at radius 2 is 1.79 bits per heavy atom. The number of benzene rings is 1. The van der Waals surface area contributed by atoms with Crippen LogP contribution in [0.25, 0.3) is 0 Å². The third-order valence-corrected chi connectivity index (χ3v) is 3.31. The number of hydrogen-bond donors (Lipinski definition) is 3. The number of carboxylic acid groups (broad SMARTS) is 1. The fraction of sp³-hybridized carbons (Fsp3) is 0.471. The molecule has 0 radical (unpaired) electrons. The summed E-state index contributed by atoms with van der Waals surface area (Å²) < 4.78 is 12.8. The first-order valence-electron chi connectivity index (χ1n) is 7.85. The average Bonchev–Trinajstić information content (AvgIpc) is 2.50. The molecule has 1 aromatic carbocycles. The second kappa shape index (κ2) is 9.64. The maximum absolute atomic E-state index is 12.8. The number of amides is 2. The first kappa shape index (κ1) is 19.6. The summed E-state index contributed by atoms with van der Waals surface area (Å²) in [6.45, 7) is 4.03. The Labute approximate surface area is 140 Å². The molecule has 1 atom stereocenters. The van der Waals surface area contributed by atoms with E-state index in [2.05, 4.69) is 10.6 Å². The highest BCUT2D eigenvalue weighted by Gasteiger charge is 2.20. The number of halogens is 1. The molecule has 0 spiro atoms. The number of rotatable bonds is 9. The third-order valence-electron chi connectivity index (χ3n) is 3.31. The van der Waals surface area contributed by atoms with Gasteiger partial charge in [0, 0.05) is 18.5 Å². The van der Waals surface area contributed by atoms with Crippen LogP contribution < -0.4 is 10.6 Å². The number of hydrogen-bond acceptors (Lipinski definition) is 3. The van der Waals surface area contributed by atoms with Gasteiger partial charge in [-0.15, -0.1) is 0 Å². The van der Waals surface area contributed by atoms with Crippen LogP contribution in [-0.2, 0) is 9.59 Å². The summed E-state index contributed by atoms with van der Waals surface area (Å²) in [6.07, 6.45) is 0.862. The lowest BCUT2D eigenvalue weighted by molar-refractivity contribution is -0.142. The van der Waals surface area contributed by atoms with Crippen molar-refractivity contribution >= 4 is 17.8 Å². The highest BCUT2D eigenvalue weighted by atomic mass is 19.1. The Kier molecular flexibility index (Phi) is 7.88. The van der Waals surface area contributed by atoms with Crippen molar-refractivity contribution in [2.24, 2.45) is 5.92 Å². The van der Waals surface area contributed by atoms with E-state index in [4.69, 9.17) is 5.11 Å². The van der Waals surface area contributed by atoms with Crippen LogP contribution in [0.15, 0.2) is 24.3 Å². The van der Waals surface area contributed by atoms with Gasteiger partial charge in [-0.25, -0.2) is 9.18 Å². The molecule has 6 nitrogen and oxygen atoms in total. The summed E-state index contributed by atoms with van der Waals surface area (Å²) >= 11 is 0. The largest absolute Gasteiger partial charge is 0.480 e. The Morgan fingerprint density at radius 3 is 2.33 bits per heavy atom. The summed E-state index contributed by atoms with van der Waals surface area (Å²) in [5.41, 5.74) is 0.337. The van der Waals surface area contributed by atoms with Gasteiger partial charge in [-0.05, 0) is 43.0 Å². The van der Waals surface area contributed by atoms with Gasteiger partial charge in [-0.2, -0.15) is 0 Å². The highest BCUT2D eigenvalue weighted by Crippen LogP contribution is 2.06. The molecule has 1 aromatic rings. The summed E-state index contributed by atoms with van der Waals surface area (Å²) in [6, 6.07) is 4.25. The van der Waals surface area contributed by atoms with Gasteiger partial charge < -0.3 is 15.7 Å². The Bertz CT molecular complexity index is 572. The standard InChI is InChI=1S/C17H23FN2O4/c1-11(2)10-14(17(23)24)20-15(21)4-3-9-19-16(22)12-5-7-13(18)8-6-12/h5-8,11,14H,3-4,9-10H2,1-2H3,(H,19,22)(H,20,21)(H,23,24)/t14-/m1/s1. The summed E-state index contributed by atoms with van der Waals surface area (Å²) in [7, 11) is 0. The molecule has 0 saturated heterocycles. The fourth-order valence-electron chi connectivity index (χ4n) is 2.11. The number of carbonyl (C=O) groups excluding carboxylic acids is 2. The van der Waals surface area contributed by atoms with Crippen LogP contribution in [0.2, 0.25) is 0 Å². The molecule has 0 aliphatic carbocycles. The quantitative estimate of drug-likeness (QED) is 0.600. The van der Waals surface area contributed by atoms with E-state index in [0.29, 0.717) is 18.4 Å². The van der Waals surface area contributed by atoms with E-state index in [0.717, 1.165) is 0 Å². The number of nitrogens with one attached hydrogen (secondary N) is 2. The summed E-state index contributed by atoms with van der Waals surface area (Å²) in [4.78, 5) is 34.6. The van der Waals surface area contributed by atoms with Gasteiger partial charge in [0.15, 0.2) is 0 Å². The van der Waals surface area contributed by atoms with Crippen molar-refractivity contribution in [3.05, 3.63) is 35.6 Å². The Hall–Kier alpha value is -2.44. The first-order valence-corrected chi connectivity index (χ1v) is 7.85. The zero-order valence-corrected chi connectivity index (χ0v) is 13.8. The highest BCUT2D eigenvalue weighted by molar-refractivity contribution is 5.94. The Morgan fingerprint density at radius 1 is 1.17 bits per heavy atom. The predicted molar refractivity (Wildman–Crippen MR) is 87.0 cm³/mol. The minimum atomic E-state index is -1.05. The van der Waals surface area contributed by atoms with Gasteiger partial charge >= 0.3 is 5.97 Å². The molecule has 0 unspecified atom stereocenters. The van der Waals surface area contributed by atoms with Crippen molar-refractivity contribution in [2.75, 3.05) is 6.54 Å². The van der Waals surface area contributed by atoms with E-state index in [9.17, 15) is 18.8 Å². The maximum Gasteiger partial charge on any atom is 0.326 e. The maximum atomic E-state index is 12.8. The van der Waals surface area contributed by atoms with Crippen LogP contribution in [0.3, 0.4) is 0 Å². The molecule has 0 heterocycles. The molecule has 1 rings (SSSR count). The van der Waals surface area contributed by atoms with Crippen LogP contribution in [0.4, 0.5) is 4.39 Å². The number of carboxylic acids is 1. The third kappa shape index (κ3) is 7.21. The van der Waals surface area contributed by atoms with Crippen molar-refractivity contribution < 1.29 is 23.9 Å². The van der Waals surface area contributed by atoms with E-state index in [1.54, 1.807) is 0 Å². The van der Waals surface area contributed by atoms with E-state index < -0.39 is 17.8 Å². The topological polar surface area (TPSA) is 95.5 Å². The van der Waals surface area contributed by atoms with Crippen LogP contribution in [0.1, 0.15) is 43.5 Å². The van der Waals surface area contributed by atoms with Crippen molar-refractivity contribution in [3.63, 3.8) is 0 Å². The zero-order chi connectivity index (χ0) is 18.1. The molecule has 2 amide bonds. The van der Waals surface area contributed by atoms with Gasteiger partial charge in [0.1, 0.15) is 11.9 Å². The monoisotopic (exact) mass is 338 g/mol. The molecule has 0 saturated carbocycles. The molecular formula is C17H23FN2O4. The minimum Gasteiger partial charge on any atom is -0.480 e. The van der Waals surface area contributed by atoms with Crippen molar-refractivity contribution in [1.29, 1.82) is 0 Å². The molecule has 132 valence electrons. The van der Waals surface area contributed by atoms with E-state index >= 15 is 0 Å². The lowest BCUT2D eigenvalue weighted by atomic mass is 10.0.